The summed E-state index contributed by atoms with van der Waals surface area (Å²) in [5.74, 6) is 1.00. The third kappa shape index (κ3) is 2.67. The lowest BCUT2D eigenvalue weighted by Crippen LogP contribution is -2.49. The Balaban J connectivity index is 1.51. The number of fused-ring (bicyclic) bond motifs is 1. The Morgan fingerprint density at radius 2 is 1.75 bits per heavy atom. The second-order valence-corrected chi connectivity index (χ2v) is 5.74. The van der Waals surface area contributed by atoms with E-state index in [1.165, 1.54) is 0 Å². The van der Waals surface area contributed by atoms with Crippen molar-refractivity contribution in [2.24, 2.45) is 0 Å². The molecule has 0 spiro atoms. The summed E-state index contributed by atoms with van der Waals surface area (Å²) in [7, 11) is 0. The summed E-state index contributed by atoms with van der Waals surface area (Å²) >= 11 is 0. The van der Waals surface area contributed by atoms with Gasteiger partial charge in [-0.05, 0) is 18.2 Å². The third-order valence-electron chi connectivity index (χ3n) is 4.30. The number of carbonyl (C=O) groups excluding carboxylic acids is 1. The first-order valence-electron chi connectivity index (χ1n) is 7.97. The molecule has 1 aromatic carbocycles. The number of carbonyl (C=O) groups is 1. The average Bonchev–Trinajstić information content (AvgIpc) is 2.68. The van der Waals surface area contributed by atoms with Gasteiger partial charge in [0.05, 0.1) is 11.7 Å². The van der Waals surface area contributed by atoms with Crippen LogP contribution < -0.4 is 4.90 Å². The van der Waals surface area contributed by atoms with Crippen LogP contribution in [0.5, 0.6) is 0 Å². The summed E-state index contributed by atoms with van der Waals surface area (Å²) in [5.41, 5.74) is 1.58. The zero-order valence-electron chi connectivity index (χ0n) is 13.2. The lowest BCUT2D eigenvalue weighted by atomic mass is 10.2. The number of hydrogen-bond donors (Lipinski definition) is 0. The van der Waals surface area contributed by atoms with E-state index in [0.29, 0.717) is 13.1 Å². The van der Waals surface area contributed by atoms with E-state index < -0.39 is 0 Å². The van der Waals surface area contributed by atoms with Crippen molar-refractivity contribution in [2.75, 3.05) is 31.1 Å². The highest BCUT2D eigenvalue weighted by molar-refractivity contribution is 5.94. The molecule has 3 aromatic rings. The van der Waals surface area contributed by atoms with Crippen LogP contribution in [0.3, 0.4) is 0 Å². The molecule has 0 N–H and O–H groups in total. The third-order valence-corrected chi connectivity index (χ3v) is 4.30. The van der Waals surface area contributed by atoms with E-state index in [1.54, 1.807) is 18.7 Å². The van der Waals surface area contributed by atoms with Crippen LogP contribution >= 0.6 is 0 Å². The van der Waals surface area contributed by atoms with Crippen molar-refractivity contribution in [2.45, 2.75) is 0 Å². The average molecular weight is 319 g/mol. The Kier molecular flexibility index (Phi) is 3.78. The molecule has 1 aliphatic rings. The summed E-state index contributed by atoms with van der Waals surface area (Å²) in [5, 5.41) is 0.996. The monoisotopic (exact) mass is 319 g/mol. The molecule has 3 heterocycles. The smallest absolute Gasteiger partial charge is 0.253 e. The lowest BCUT2D eigenvalue weighted by Gasteiger charge is -2.35. The minimum Gasteiger partial charge on any atom is -0.352 e. The topological polar surface area (TPSA) is 62.2 Å². The number of aromatic nitrogens is 3. The molecule has 1 amide bonds. The number of piperazine rings is 1. The van der Waals surface area contributed by atoms with Crippen LogP contribution in [0.1, 0.15) is 10.4 Å². The highest BCUT2D eigenvalue weighted by Gasteiger charge is 2.23. The highest BCUT2D eigenvalue weighted by Crippen LogP contribution is 2.23. The maximum absolute atomic E-state index is 12.5. The molecule has 1 aliphatic heterocycles. The second kappa shape index (κ2) is 6.23. The van der Waals surface area contributed by atoms with Crippen molar-refractivity contribution in [1.82, 2.24) is 19.9 Å². The van der Waals surface area contributed by atoms with E-state index >= 15 is 0 Å². The molecule has 120 valence electrons. The molecule has 0 bridgehead atoms. The van der Waals surface area contributed by atoms with Crippen molar-refractivity contribution >= 4 is 22.6 Å². The predicted molar refractivity (Wildman–Crippen MR) is 91.9 cm³/mol. The summed E-state index contributed by atoms with van der Waals surface area (Å²) in [6.07, 6.45) is 5.07. The summed E-state index contributed by atoms with van der Waals surface area (Å²) < 4.78 is 0. The van der Waals surface area contributed by atoms with Gasteiger partial charge >= 0.3 is 0 Å². The van der Waals surface area contributed by atoms with Crippen molar-refractivity contribution < 1.29 is 4.79 Å². The molecule has 0 unspecified atom stereocenters. The minimum atomic E-state index is 0.0898. The standard InChI is InChI=1S/C18H17N5O/c24-18(14-4-2-1-3-5-14)23-10-8-22(9-11-23)17-15-6-7-19-12-16(15)20-13-21-17/h1-7,12-13H,8-11H2. The summed E-state index contributed by atoms with van der Waals surface area (Å²) in [6.45, 7) is 2.88. The highest BCUT2D eigenvalue weighted by atomic mass is 16.2. The molecule has 6 heteroatoms. The molecule has 0 atom stereocenters. The molecule has 24 heavy (non-hydrogen) atoms. The first-order valence-corrected chi connectivity index (χ1v) is 7.97. The number of hydrogen-bond acceptors (Lipinski definition) is 5. The van der Waals surface area contributed by atoms with Crippen molar-refractivity contribution in [3.05, 3.63) is 60.7 Å². The van der Waals surface area contributed by atoms with Crippen LogP contribution in [0.25, 0.3) is 10.9 Å². The molecule has 1 fully saturated rings. The van der Waals surface area contributed by atoms with E-state index in [1.807, 2.05) is 41.3 Å². The fourth-order valence-electron chi connectivity index (χ4n) is 3.03. The molecular weight excluding hydrogens is 302 g/mol. The number of benzene rings is 1. The quantitative estimate of drug-likeness (QED) is 0.723. The van der Waals surface area contributed by atoms with Gasteiger partial charge in [0.2, 0.25) is 0 Å². The number of anilines is 1. The SMILES string of the molecule is O=C(c1ccccc1)N1CCN(c2ncnc3cnccc23)CC1. The van der Waals surface area contributed by atoms with Crippen LogP contribution in [0.4, 0.5) is 5.82 Å². The minimum absolute atomic E-state index is 0.0898. The largest absolute Gasteiger partial charge is 0.352 e. The summed E-state index contributed by atoms with van der Waals surface area (Å²) in [4.78, 5) is 29.4. The van der Waals surface area contributed by atoms with Crippen LogP contribution in [-0.2, 0) is 0 Å². The van der Waals surface area contributed by atoms with E-state index in [2.05, 4.69) is 19.9 Å². The van der Waals surface area contributed by atoms with Crippen molar-refractivity contribution in [3.63, 3.8) is 0 Å². The number of rotatable bonds is 2. The summed E-state index contributed by atoms with van der Waals surface area (Å²) in [6, 6.07) is 11.4. The second-order valence-electron chi connectivity index (χ2n) is 5.74. The fraction of sp³-hybridized carbons (Fsp3) is 0.222. The molecule has 6 nitrogen and oxygen atoms in total. The lowest BCUT2D eigenvalue weighted by molar-refractivity contribution is 0.0746. The van der Waals surface area contributed by atoms with Gasteiger partial charge in [0.25, 0.3) is 5.91 Å². The zero-order valence-corrected chi connectivity index (χ0v) is 13.2. The van der Waals surface area contributed by atoms with Crippen molar-refractivity contribution in [3.8, 4) is 0 Å². The fourth-order valence-corrected chi connectivity index (χ4v) is 3.03. The van der Waals surface area contributed by atoms with Gasteiger partial charge in [-0.15, -0.1) is 0 Å². The van der Waals surface area contributed by atoms with Gasteiger partial charge in [-0.2, -0.15) is 0 Å². The Bertz CT molecular complexity index is 854. The Morgan fingerprint density at radius 1 is 0.958 bits per heavy atom. The van der Waals surface area contributed by atoms with Crippen LogP contribution in [-0.4, -0.2) is 51.9 Å². The van der Waals surface area contributed by atoms with Crippen LogP contribution in [0.15, 0.2) is 55.1 Å². The van der Waals surface area contributed by atoms with Gasteiger partial charge in [0.1, 0.15) is 12.1 Å². The number of pyridine rings is 1. The molecular formula is C18H17N5O. The van der Waals surface area contributed by atoms with E-state index in [-0.39, 0.29) is 5.91 Å². The maximum Gasteiger partial charge on any atom is 0.253 e. The Labute approximate surface area is 139 Å². The Hall–Kier alpha value is -3.02. The van der Waals surface area contributed by atoms with E-state index in [0.717, 1.165) is 35.4 Å². The van der Waals surface area contributed by atoms with E-state index in [4.69, 9.17) is 0 Å². The predicted octanol–water partition coefficient (Wildman–Crippen LogP) is 1.99. The first-order chi connectivity index (χ1) is 11.8. The molecule has 0 saturated carbocycles. The molecule has 2 aromatic heterocycles. The maximum atomic E-state index is 12.5. The number of amides is 1. The van der Waals surface area contributed by atoms with Gasteiger partial charge in [0.15, 0.2) is 0 Å². The van der Waals surface area contributed by atoms with Crippen LogP contribution in [0, 0.1) is 0 Å². The van der Waals surface area contributed by atoms with Gasteiger partial charge in [0, 0.05) is 43.3 Å². The van der Waals surface area contributed by atoms with Gasteiger partial charge in [-0.1, -0.05) is 18.2 Å². The molecule has 4 rings (SSSR count). The first kappa shape index (κ1) is 14.6. The molecule has 0 radical (unpaired) electrons. The normalized spacial score (nSPS) is 14.8. The molecule has 1 saturated heterocycles. The van der Waals surface area contributed by atoms with Gasteiger partial charge < -0.3 is 9.80 Å². The Morgan fingerprint density at radius 3 is 2.54 bits per heavy atom. The van der Waals surface area contributed by atoms with Crippen LogP contribution in [0.2, 0.25) is 0 Å². The van der Waals surface area contributed by atoms with Gasteiger partial charge in [-0.3, -0.25) is 9.78 Å². The number of nitrogens with zero attached hydrogens (tertiary/aromatic N) is 5. The van der Waals surface area contributed by atoms with Gasteiger partial charge in [-0.25, -0.2) is 9.97 Å². The van der Waals surface area contributed by atoms with E-state index in [9.17, 15) is 4.79 Å². The van der Waals surface area contributed by atoms with Crippen molar-refractivity contribution in [1.29, 1.82) is 0 Å². The zero-order chi connectivity index (χ0) is 16.4. The molecule has 0 aliphatic carbocycles.